The summed E-state index contributed by atoms with van der Waals surface area (Å²) in [6, 6.07) is 0. The molecule has 0 fully saturated rings. The van der Waals surface area contributed by atoms with E-state index in [2.05, 4.69) is 0 Å². The van der Waals surface area contributed by atoms with E-state index in [1.54, 1.807) is 0 Å². The molecule has 0 aliphatic carbocycles. The van der Waals surface area contributed by atoms with E-state index >= 15 is 0 Å². The monoisotopic (exact) mass is 350 g/mol. The van der Waals surface area contributed by atoms with Crippen LogP contribution >= 0.6 is 0 Å². The summed E-state index contributed by atoms with van der Waals surface area (Å²) in [4.78, 5) is 0.811. The number of allylic oxidation sites excluding steroid dienone is 2. The Bertz CT molecular complexity index is 376. The van der Waals surface area contributed by atoms with E-state index in [1.807, 2.05) is 0 Å². The van der Waals surface area contributed by atoms with Crippen molar-refractivity contribution in [3.63, 3.8) is 0 Å². The Balaban J connectivity index is 0. The van der Waals surface area contributed by atoms with Gasteiger partial charge in [-0.1, -0.05) is 0 Å². The molecule has 0 rings (SSSR count). The average molecular weight is 350 g/mol. The Labute approximate surface area is 119 Å². The molecule has 0 atom stereocenters. The average Bonchev–Trinajstić information content (AvgIpc) is 2.33. The van der Waals surface area contributed by atoms with Gasteiger partial charge in [0.15, 0.2) is 0 Å². The lowest BCUT2D eigenvalue weighted by Crippen LogP contribution is -2.17. The largest absolute Gasteiger partial charge is 0.447 e. The molecule has 0 aliphatic rings. The van der Waals surface area contributed by atoms with Crippen molar-refractivity contribution in [2.24, 2.45) is 0 Å². The molecule has 0 N–H and O–H groups in total. The molecule has 0 spiro atoms. The second-order valence-corrected chi connectivity index (χ2v) is 3.99. The van der Waals surface area contributed by atoms with Crippen LogP contribution in [-0.2, 0) is 0 Å². The minimum absolute atomic E-state index is 0.406. The summed E-state index contributed by atoms with van der Waals surface area (Å²) in [6.07, 6.45) is -10.5. The van der Waals surface area contributed by atoms with Crippen LogP contribution in [0.4, 0.5) is 43.9 Å². The molecule has 0 bridgehead atoms. The van der Waals surface area contributed by atoms with Gasteiger partial charge in [-0.2, -0.15) is 43.9 Å². The van der Waals surface area contributed by atoms with Gasteiger partial charge in [-0.3, -0.25) is 0 Å². The molecule has 0 aromatic rings. The fourth-order valence-corrected chi connectivity index (χ4v) is 0.627. The number of hydrogen-bond acceptors (Lipinski definition) is 2. The molecule has 12 heteroatoms. The van der Waals surface area contributed by atoms with Crippen molar-refractivity contribution < 1.29 is 43.9 Å². The van der Waals surface area contributed by atoms with Gasteiger partial charge in [-0.15, -0.1) is 0 Å². The molecule has 2 nitrogen and oxygen atoms in total. The van der Waals surface area contributed by atoms with Gasteiger partial charge < -0.3 is 9.80 Å². The van der Waals surface area contributed by atoms with E-state index in [9.17, 15) is 43.9 Å². The zero-order chi connectivity index (χ0) is 18.5. The highest BCUT2D eigenvalue weighted by atomic mass is 19.4. The highest BCUT2D eigenvalue weighted by Gasteiger charge is 2.39. The van der Waals surface area contributed by atoms with E-state index in [4.69, 9.17) is 0 Å². The van der Waals surface area contributed by atoms with Crippen molar-refractivity contribution in [3.8, 4) is 0 Å². The van der Waals surface area contributed by atoms with Gasteiger partial charge in [0.2, 0.25) is 11.9 Å². The fraction of sp³-hybridized carbons (Fsp3) is 0.600. The van der Waals surface area contributed by atoms with E-state index in [-0.39, 0.29) is 0 Å². The smallest absolute Gasteiger partial charge is 0.352 e. The minimum atomic E-state index is -5.24. The summed E-state index contributed by atoms with van der Waals surface area (Å²) < 4.78 is 116. The van der Waals surface area contributed by atoms with Crippen molar-refractivity contribution in [3.05, 3.63) is 23.6 Å². The van der Waals surface area contributed by atoms with E-state index in [0.717, 1.165) is 28.2 Å². The predicted octanol–water partition coefficient (Wildman–Crippen LogP) is 4.44. The molecule has 0 aliphatic heterocycles. The molecular formula is C10H12F10N2. The van der Waals surface area contributed by atoms with Crippen LogP contribution in [0.3, 0.4) is 0 Å². The van der Waals surface area contributed by atoms with Crippen LogP contribution < -0.4 is 0 Å². The first-order valence-electron chi connectivity index (χ1n) is 5.13. The first-order chi connectivity index (χ1) is 9.53. The zero-order valence-corrected chi connectivity index (χ0v) is 11.7. The summed E-state index contributed by atoms with van der Waals surface area (Å²) in [6.45, 7) is 0. The van der Waals surface area contributed by atoms with Gasteiger partial charge in [-0.25, -0.2) is 0 Å². The lowest BCUT2D eigenvalue weighted by molar-refractivity contribution is -0.113. The molecule has 0 saturated carbocycles. The van der Waals surface area contributed by atoms with Crippen LogP contribution in [0.1, 0.15) is 0 Å². The Kier molecular flexibility index (Phi) is 8.37. The summed E-state index contributed by atoms with van der Waals surface area (Å²) in [5.41, 5.74) is 0. The first kappa shape index (κ1) is 22.7. The normalized spacial score (nSPS) is 14.5. The second kappa shape index (κ2) is 8.13. The molecule has 0 amide bonds. The van der Waals surface area contributed by atoms with Gasteiger partial charge in [0.25, 0.3) is 11.7 Å². The van der Waals surface area contributed by atoms with Gasteiger partial charge in [0.1, 0.15) is 0 Å². The SMILES string of the molecule is CN(C)/C(F)=C(/F)C(F)(F)F.CN(C)/C(F)=C(\F)C(F)(F)F. The van der Waals surface area contributed by atoms with Crippen LogP contribution in [0, 0.1) is 0 Å². The number of halogens is 10. The lowest BCUT2D eigenvalue weighted by atomic mass is 10.5. The maximum absolute atomic E-state index is 12.1. The molecule has 22 heavy (non-hydrogen) atoms. The Morgan fingerprint density at radius 2 is 0.727 bits per heavy atom. The van der Waals surface area contributed by atoms with Crippen molar-refractivity contribution in [1.82, 2.24) is 9.80 Å². The molecule has 0 radical (unpaired) electrons. The van der Waals surface area contributed by atoms with Crippen molar-refractivity contribution in [2.75, 3.05) is 28.2 Å². The Morgan fingerprint density at radius 1 is 0.545 bits per heavy atom. The summed E-state index contributed by atoms with van der Waals surface area (Å²) in [5, 5.41) is 0. The van der Waals surface area contributed by atoms with Crippen LogP contribution in [0.2, 0.25) is 0 Å². The van der Waals surface area contributed by atoms with Crippen molar-refractivity contribution in [1.29, 1.82) is 0 Å². The molecule has 0 saturated heterocycles. The summed E-state index contributed by atoms with van der Waals surface area (Å²) in [5.74, 6) is -9.25. The maximum atomic E-state index is 12.1. The van der Waals surface area contributed by atoms with E-state index in [0.29, 0.717) is 9.80 Å². The number of rotatable bonds is 2. The third kappa shape index (κ3) is 7.98. The van der Waals surface area contributed by atoms with E-state index < -0.39 is 35.9 Å². The number of alkyl halides is 6. The minimum Gasteiger partial charge on any atom is -0.352 e. The van der Waals surface area contributed by atoms with Crippen LogP contribution in [0.15, 0.2) is 23.6 Å². The van der Waals surface area contributed by atoms with Gasteiger partial charge >= 0.3 is 12.4 Å². The van der Waals surface area contributed by atoms with E-state index in [1.165, 1.54) is 0 Å². The van der Waals surface area contributed by atoms with Crippen molar-refractivity contribution in [2.45, 2.75) is 12.4 Å². The number of hydrogen-bond donors (Lipinski definition) is 0. The lowest BCUT2D eigenvalue weighted by Gasteiger charge is -2.11. The Morgan fingerprint density at radius 3 is 0.773 bits per heavy atom. The first-order valence-corrected chi connectivity index (χ1v) is 5.13. The van der Waals surface area contributed by atoms with Gasteiger partial charge in [-0.05, 0) is 0 Å². The van der Waals surface area contributed by atoms with Crippen LogP contribution in [0.25, 0.3) is 0 Å². The predicted molar refractivity (Wildman–Crippen MR) is 58.0 cm³/mol. The molecule has 132 valence electrons. The number of nitrogens with zero attached hydrogens (tertiary/aromatic N) is 2. The summed E-state index contributed by atoms with van der Waals surface area (Å²) >= 11 is 0. The van der Waals surface area contributed by atoms with Crippen LogP contribution in [0.5, 0.6) is 0 Å². The second-order valence-electron chi connectivity index (χ2n) is 3.99. The highest BCUT2D eigenvalue weighted by molar-refractivity contribution is 5.04. The fourth-order valence-electron chi connectivity index (χ4n) is 0.627. The summed E-state index contributed by atoms with van der Waals surface area (Å²) in [7, 11) is 3.89. The maximum Gasteiger partial charge on any atom is 0.447 e. The van der Waals surface area contributed by atoms with Crippen LogP contribution in [-0.4, -0.2) is 50.3 Å². The zero-order valence-electron chi connectivity index (χ0n) is 11.7. The standard InChI is InChI=1S/2C5H6F5N/c2*1-11(2)4(7)3(6)5(8,9)10/h2*1-2H3/b4-3+;4-3-. The molecule has 0 aromatic heterocycles. The molecular weight excluding hydrogens is 338 g/mol. The van der Waals surface area contributed by atoms with Gasteiger partial charge in [0, 0.05) is 28.2 Å². The molecule has 0 heterocycles. The Hall–Kier alpha value is -1.62. The third-order valence-electron chi connectivity index (χ3n) is 1.65. The molecule has 0 unspecified atom stereocenters. The molecule has 0 aromatic carbocycles. The topological polar surface area (TPSA) is 6.48 Å². The quantitative estimate of drug-likeness (QED) is 0.537. The van der Waals surface area contributed by atoms with Crippen molar-refractivity contribution >= 4 is 0 Å². The third-order valence-corrected chi connectivity index (χ3v) is 1.65. The highest BCUT2D eigenvalue weighted by Crippen LogP contribution is 2.30. The van der Waals surface area contributed by atoms with Gasteiger partial charge in [0.05, 0.1) is 0 Å².